The highest BCUT2D eigenvalue weighted by Crippen LogP contribution is 2.54. The summed E-state index contributed by atoms with van der Waals surface area (Å²) in [5, 5.41) is 0. The lowest BCUT2D eigenvalue weighted by Crippen LogP contribution is -2.53. The van der Waals surface area contributed by atoms with Crippen LogP contribution in [-0.4, -0.2) is 54.0 Å². The maximum atomic E-state index is 12.6. The number of carbonyl (C=O) groups excluding carboxylic acids is 2. The molecule has 0 unspecified atom stereocenters. The topological polar surface area (TPSA) is 96.1 Å². The fourth-order valence-corrected chi connectivity index (χ4v) is 4.22. The van der Waals surface area contributed by atoms with Gasteiger partial charge in [-0.2, -0.15) is 0 Å². The normalized spacial score (nSPS) is 34.2. The third kappa shape index (κ3) is 5.71. The molecule has 0 N–H and O–H groups in total. The van der Waals surface area contributed by atoms with Gasteiger partial charge < -0.3 is 28.4 Å². The van der Waals surface area contributed by atoms with Crippen LogP contribution in [0.15, 0.2) is 47.8 Å². The molecule has 3 rings (SSSR count). The molecule has 2 heterocycles. The van der Waals surface area contributed by atoms with E-state index in [0.717, 1.165) is 5.57 Å². The fraction of sp³-hybridized carbons (Fsp3) is 0.630. The predicted molar refractivity (Wildman–Crippen MR) is 129 cm³/mol. The van der Waals surface area contributed by atoms with Crippen LogP contribution in [0.1, 0.15) is 61.8 Å². The zero-order chi connectivity index (χ0) is 26.3. The van der Waals surface area contributed by atoms with Gasteiger partial charge in [-0.15, -0.1) is 0 Å². The number of fused-ring (bicyclic) bond motifs is 1. The lowest BCUT2D eigenvalue weighted by Gasteiger charge is -2.40. The van der Waals surface area contributed by atoms with Crippen molar-refractivity contribution in [3.05, 3.63) is 47.8 Å². The molecule has 7 atom stereocenters. The minimum absolute atomic E-state index is 0.151. The number of epoxide rings is 2. The van der Waals surface area contributed by atoms with Gasteiger partial charge in [0.15, 0.2) is 12.4 Å². The van der Waals surface area contributed by atoms with Crippen LogP contribution in [0.4, 0.5) is 0 Å². The summed E-state index contributed by atoms with van der Waals surface area (Å²) >= 11 is 0. The summed E-state index contributed by atoms with van der Waals surface area (Å²) in [4.78, 5) is 24.8. The molecule has 8 heteroatoms. The SMILES string of the molecule is C=C(O[C@@H]1[C@H](OC(C)=O)[C@H](C(=C)[C@H](OC(=O)/C(C)=C/C)O[C@H]2OC2(C)C)C[C@@H]2O[C@@]21C)/C(C)=C\C. The molecule has 0 radical (unpaired) electrons. The quantitative estimate of drug-likeness (QED) is 0.0840. The Labute approximate surface area is 207 Å². The Kier molecular flexibility index (Phi) is 7.70. The minimum atomic E-state index is -1.11. The zero-order valence-electron chi connectivity index (χ0n) is 22.0. The van der Waals surface area contributed by atoms with E-state index < -0.39 is 53.8 Å². The first kappa shape index (κ1) is 27.2. The van der Waals surface area contributed by atoms with Crippen LogP contribution in [0.2, 0.25) is 0 Å². The molecule has 2 aliphatic heterocycles. The van der Waals surface area contributed by atoms with E-state index in [1.807, 2.05) is 40.7 Å². The third-order valence-corrected chi connectivity index (χ3v) is 7.07. The Morgan fingerprint density at radius 3 is 2.11 bits per heavy atom. The van der Waals surface area contributed by atoms with Crippen molar-refractivity contribution in [2.24, 2.45) is 5.92 Å². The summed E-state index contributed by atoms with van der Waals surface area (Å²) in [6.07, 6.45) is 0.813. The van der Waals surface area contributed by atoms with Gasteiger partial charge in [0.2, 0.25) is 6.29 Å². The Morgan fingerprint density at radius 1 is 1.00 bits per heavy atom. The first-order chi connectivity index (χ1) is 16.2. The lowest BCUT2D eigenvalue weighted by molar-refractivity contribution is -0.182. The molecule has 1 aliphatic carbocycles. The van der Waals surface area contributed by atoms with Crippen LogP contribution in [0.25, 0.3) is 0 Å². The predicted octanol–water partition coefficient (Wildman–Crippen LogP) is 4.50. The Balaban J connectivity index is 1.91. The molecular weight excluding hydrogens is 452 g/mol. The molecule has 0 aromatic carbocycles. The summed E-state index contributed by atoms with van der Waals surface area (Å²) < 4.78 is 35.4. The molecule has 35 heavy (non-hydrogen) atoms. The zero-order valence-corrected chi connectivity index (χ0v) is 22.0. The number of hydrogen-bond donors (Lipinski definition) is 0. The third-order valence-electron chi connectivity index (χ3n) is 7.07. The van der Waals surface area contributed by atoms with E-state index in [9.17, 15) is 9.59 Å². The van der Waals surface area contributed by atoms with Gasteiger partial charge in [-0.25, -0.2) is 4.79 Å². The van der Waals surface area contributed by atoms with Gasteiger partial charge in [0, 0.05) is 18.4 Å². The number of carbonyl (C=O) groups is 2. The largest absolute Gasteiger partial charge is 0.484 e. The highest BCUT2D eigenvalue weighted by Gasteiger charge is 2.68. The second-order valence-electron chi connectivity index (χ2n) is 10.1. The first-order valence-electron chi connectivity index (χ1n) is 11.9. The maximum absolute atomic E-state index is 12.6. The van der Waals surface area contributed by atoms with E-state index in [-0.39, 0.29) is 6.10 Å². The van der Waals surface area contributed by atoms with Gasteiger partial charge >= 0.3 is 11.9 Å². The van der Waals surface area contributed by atoms with Crippen molar-refractivity contribution in [1.29, 1.82) is 0 Å². The minimum Gasteiger partial charge on any atom is -0.484 e. The molecule has 3 fully saturated rings. The number of ether oxygens (including phenoxy) is 6. The summed E-state index contributed by atoms with van der Waals surface area (Å²) in [6.45, 7) is 22.5. The van der Waals surface area contributed by atoms with E-state index in [4.69, 9.17) is 28.4 Å². The van der Waals surface area contributed by atoms with Crippen LogP contribution >= 0.6 is 0 Å². The van der Waals surface area contributed by atoms with Crippen molar-refractivity contribution >= 4 is 11.9 Å². The van der Waals surface area contributed by atoms with E-state index in [1.54, 1.807) is 19.9 Å². The van der Waals surface area contributed by atoms with Gasteiger partial charge in [-0.3, -0.25) is 4.79 Å². The summed E-state index contributed by atoms with van der Waals surface area (Å²) in [5.74, 6) is -1.00. The monoisotopic (exact) mass is 490 g/mol. The number of rotatable bonds is 10. The molecule has 3 aliphatic rings. The van der Waals surface area contributed by atoms with Crippen LogP contribution in [0.5, 0.6) is 0 Å². The summed E-state index contributed by atoms with van der Waals surface area (Å²) in [7, 11) is 0. The van der Waals surface area contributed by atoms with E-state index in [2.05, 4.69) is 13.2 Å². The average molecular weight is 491 g/mol. The maximum Gasteiger partial charge on any atom is 0.335 e. The average Bonchev–Trinajstić information content (AvgIpc) is 3.65. The van der Waals surface area contributed by atoms with Crippen LogP contribution in [0.3, 0.4) is 0 Å². The Hall–Kier alpha value is -2.42. The first-order valence-corrected chi connectivity index (χ1v) is 11.9. The molecule has 0 aromatic heterocycles. The summed E-state index contributed by atoms with van der Waals surface area (Å²) in [5.41, 5.74) is 0.579. The van der Waals surface area contributed by atoms with E-state index in [1.165, 1.54) is 6.92 Å². The van der Waals surface area contributed by atoms with Crippen molar-refractivity contribution in [2.75, 3.05) is 0 Å². The Morgan fingerprint density at radius 2 is 1.60 bits per heavy atom. The van der Waals surface area contributed by atoms with Crippen molar-refractivity contribution in [1.82, 2.24) is 0 Å². The van der Waals surface area contributed by atoms with Gasteiger partial charge in [-0.1, -0.05) is 25.3 Å². The summed E-state index contributed by atoms with van der Waals surface area (Å²) in [6, 6.07) is 0. The smallest absolute Gasteiger partial charge is 0.335 e. The molecule has 1 saturated carbocycles. The second-order valence-corrected chi connectivity index (χ2v) is 10.1. The van der Waals surface area contributed by atoms with Gasteiger partial charge in [0.05, 0.1) is 6.10 Å². The standard InChI is InChI=1S/C27H38O8/c1-11-14(3)17(6)30-22-21(31-18(7)28)19(13-20-27(22,10)34-20)16(5)24(32-23(29)15(4)12-2)33-25-26(8,9)35-25/h11-12,19-22,24-25H,5-6,13H2,1-4,7-10H3/b14-11-,15-12+/t19-,20-,21+,22+,24+,25-,27-/m0/s1. The van der Waals surface area contributed by atoms with Crippen molar-refractivity contribution in [3.8, 4) is 0 Å². The number of esters is 2. The van der Waals surface area contributed by atoms with Gasteiger partial charge in [0.25, 0.3) is 0 Å². The van der Waals surface area contributed by atoms with Gasteiger partial charge in [0.1, 0.15) is 23.1 Å². The van der Waals surface area contributed by atoms with Crippen molar-refractivity contribution in [3.63, 3.8) is 0 Å². The molecule has 194 valence electrons. The number of hydrogen-bond acceptors (Lipinski definition) is 8. The molecule has 0 amide bonds. The molecule has 8 nitrogen and oxygen atoms in total. The van der Waals surface area contributed by atoms with Gasteiger partial charge in [-0.05, 0) is 66.0 Å². The molecule has 0 bridgehead atoms. The van der Waals surface area contributed by atoms with Crippen LogP contribution < -0.4 is 0 Å². The van der Waals surface area contributed by atoms with E-state index >= 15 is 0 Å². The van der Waals surface area contributed by atoms with Crippen molar-refractivity contribution < 1.29 is 38.0 Å². The molecular formula is C27H38O8. The van der Waals surface area contributed by atoms with Crippen LogP contribution in [0, 0.1) is 5.92 Å². The molecule has 0 aromatic rings. The Bertz CT molecular complexity index is 960. The van der Waals surface area contributed by atoms with Crippen molar-refractivity contribution in [2.45, 2.75) is 104 Å². The van der Waals surface area contributed by atoms with Crippen LogP contribution in [-0.2, 0) is 38.0 Å². The number of allylic oxidation sites excluding steroid dienone is 3. The van der Waals surface area contributed by atoms with E-state index in [0.29, 0.717) is 23.3 Å². The molecule has 2 saturated heterocycles. The lowest BCUT2D eigenvalue weighted by atomic mass is 9.74. The molecule has 0 spiro atoms. The second kappa shape index (κ2) is 9.91. The highest BCUT2D eigenvalue weighted by molar-refractivity contribution is 5.87. The highest BCUT2D eigenvalue weighted by atomic mass is 16.8. The fourth-order valence-electron chi connectivity index (χ4n) is 4.22.